The average Bonchev–Trinajstić information content (AvgIpc) is 3.38. The second-order valence-electron chi connectivity index (χ2n) is 8.21. The zero-order chi connectivity index (χ0) is 22.2. The van der Waals surface area contributed by atoms with Crippen molar-refractivity contribution in [3.05, 3.63) is 36.2 Å². The van der Waals surface area contributed by atoms with Crippen molar-refractivity contribution in [2.24, 2.45) is 23.7 Å². The Hall–Kier alpha value is -3.59. The first-order chi connectivity index (χ1) is 15.5. The van der Waals surface area contributed by atoms with E-state index >= 15 is 0 Å². The zero-order valence-electron chi connectivity index (χ0n) is 18.1. The molecular weight excluding hydrogens is 406 g/mol. The lowest BCUT2D eigenvalue weighted by Gasteiger charge is -2.24. The van der Waals surface area contributed by atoms with Crippen molar-refractivity contribution < 1.29 is 9.53 Å². The van der Waals surface area contributed by atoms with Gasteiger partial charge in [-0.25, -0.2) is 15.0 Å². The first kappa shape index (κ1) is 20.3. The molecule has 0 radical (unpaired) electrons. The van der Waals surface area contributed by atoms with Crippen LogP contribution in [0.4, 0.5) is 0 Å². The SMILES string of the molecule is COc1ccc2c(c1)c(-c1cnc3[nH]cc(C(=O)N=CC4CCCC[C@@H]4N)c3n1)nn2C. The number of hydrogen-bond donors (Lipinski definition) is 2. The molecular formula is C23H25N7O2. The van der Waals surface area contributed by atoms with Crippen molar-refractivity contribution in [2.75, 3.05) is 7.11 Å². The molecule has 9 nitrogen and oxygen atoms in total. The Bertz CT molecular complexity index is 1340. The van der Waals surface area contributed by atoms with Gasteiger partial charge in [0.1, 0.15) is 22.7 Å². The first-order valence-electron chi connectivity index (χ1n) is 10.7. The fourth-order valence-electron chi connectivity index (χ4n) is 4.34. The van der Waals surface area contributed by atoms with E-state index < -0.39 is 0 Å². The van der Waals surface area contributed by atoms with Crippen molar-refractivity contribution in [3.8, 4) is 17.1 Å². The molecule has 1 aliphatic carbocycles. The Labute approximate surface area is 184 Å². The quantitative estimate of drug-likeness (QED) is 0.478. The van der Waals surface area contributed by atoms with E-state index in [1.165, 1.54) is 0 Å². The number of carbonyl (C=O) groups is 1. The van der Waals surface area contributed by atoms with Gasteiger partial charge in [-0.15, -0.1) is 0 Å². The van der Waals surface area contributed by atoms with Crippen LogP contribution >= 0.6 is 0 Å². The molecule has 3 N–H and O–H groups in total. The van der Waals surface area contributed by atoms with Crippen LogP contribution in [0, 0.1) is 5.92 Å². The van der Waals surface area contributed by atoms with E-state index in [0.29, 0.717) is 28.1 Å². The van der Waals surface area contributed by atoms with E-state index in [2.05, 4.69) is 20.1 Å². The van der Waals surface area contributed by atoms with Crippen LogP contribution in [0.25, 0.3) is 33.5 Å². The van der Waals surface area contributed by atoms with Gasteiger partial charge in [-0.3, -0.25) is 9.48 Å². The maximum Gasteiger partial charge on any atom is 0.280 e. The minimum Gasteiger partial charge on any atom is -0.497 e. The van der Waals surface area contributed by atoms with Crippen LogP contribution in [0.1, 0.15) is 36.0 Å². The third kappa shape index (κ3) is 3.54. The fourth-order valence-corrected chi connectivity index (χ4v) is 4.34. The normalized spacial score (nSPS) is 19.2. The number of rotatable bonds is 4. The lowest BCUT2D eigenvalue weighted by molar-refractivity contribution is 0.100. The smallest absolute Gasteiger partial charge is 0.280 e. The highest BCUT2D eigenvalue weighted by atomic mass is 16.5. The second kappa shape index (κ2) is 8.16. The number of fused-ring (bicyclic) bond motifs is 2. The Morgan fingerprint density at radius 2 is 2.19 bits per heavy atom. The van der Waals surface area contributed by atoms with E-state index in [0.717, 1.165) is 42.3 Å². The maximum absolute atomic E-state index is 12.9. The number of benzene rings is 1. The molecule has 4 aromatic rings. The van der Waals surface area contributed by atoms with Gasteiger partial charge in [-0.05, 0) is 31.0 Å². The number of ether oxygens (including phenoxy) is 1. The minimum atomic E-state index is -0.354. The molecule has 1 aliphatic rings. The molecule has 3 aromatic heterocycles. The van der Waals surface area contributed by atoms with Crippen molar-refractivity contribution >= 4 is 34.2 Å². The Morgan fingerprint density at radius 3 is 3.00 bits per heavy atom. The summed E-state index contributed by atoms with van der Waals surface area (Å²) < 4.78 is 7.16. The lowest BCUT2D eigenvalue weighted by Crippen LogP contribution is -2.34. The number of aryl methyl sites for hydroxylation is 1. The summed E-state index contributed by atoms with van der Waals surface area (Å²) in [6.07, 6.45) is 9.15. The minimum absolute atomic E-state index is 0.0593. The number of amides is 1. The van der Waals surface area contributed by atoms with Gasteiger partial charge >= 0.3 is 0 Å². The lowest BCUT2D eigenvalue weighted by atomic mass is 9.86. The van der Waals surface area contributed by atoms with Gasteiger partial charge in [0.25, 0.3) is 5.91 Å². The molecule has 9 heteroatoms. The molecule has 5 rings (SSSR count). The molecule has 3 heterocycles. The molecule has 164 valence electrons. The summed E-state index contributed by atoms with van der Waals surface area (Å²) in [6.45, 7) is 0. The number of aliphatic imine (C=N–C) groups is 1. The van der Waals surface area contributed by atoms with Crippen LogP contribution < -0.4 is 10.5 Å². The van der Waals surface area contributed by atoms with Gasteiger partial charge in [-0.1, -0.05) is 12.8 Å². The highest BCUT2D eigenvalue weighted by molar-refractivity contribution is 6.07. The average molecular weight is 432 g/mol. The third-order valence-corrected chi connectivity index (χ3v) is 6.17. The summed E-state index contributed by atoms with van der Waals surface area (Å²) in [5.41, 5.74) is 9.75. The molecule has 1 fully saturated rings. The topological polar surface area (TPSA) is 124 Å². The number of nitrogens with two attached hydrogens (primary N) is 1. The van der Waals surface area contributed by atoms with Gasteiger partial charge in [0.2, 0.25) is 0 Å². The van der Waals surface area contributed by atoms with Crippen molar-refractivity contribution in [1.29, 1.82) is 0 Å². The summed E-state index contributed by atoms with van der Waals surface area (Å²) in [5.74, 6) is 0.510. The molecule has 0 bridgehead atoms. The van der Waals surface area contributed by atoms with Gasteiger partial charge in [0, 0.05) is 36.8 Å². The summed E-state index contributed by atoms with van der Waals surface area (Å²) in [5, 5.41) is 5.52. The summed E-state index contributed by atoms with van der Waals surface area (Å²) in [4.78, 5) is 29.3. The van der Waals surface area contributed by atoms with Crippen LogP contribution in [0.5, 0.6) is 5.75 Å². The highest BCUT2D eigenvalue weighted by Crippen LogP contribution is 2.30. The molecule has 0 saturated heterocycles. The van der Waals surface area contributed by atoms with Crippen LogP contribution in [-0.2, 0) is 7.05 Å². The number of nitrogens with one attached hydrogen (secondary N) is 1. The fraction of sp³-hybridized carbons (Fsp3) is 0.348. The van der Waals surface area contributed by atoms with Gasteiger partial charge < -0.3 is 15.5 Å². The summed E-state index contributed by atoms with van der Waals surface area (Å²) in [7, 11) is 3.50. The van der Waals surface area contributed by atoms with E-state index in [-0.39, 0.29) is 17.9 Å². The van der Waals surface area contributed by atoms with E-state index in [4.69, 9.17) is 15.5 Å². The van der Waals surface area contributed by atoms with Crippen LogP contribution in [0.2, 0.25) is 0 Å². The van der Waals surface area contributed by atoms with Crippen molar-refractivity contribution in [2.45, 2.75) is 31.7 Å². The van der Waals surface area contributed by atoms with Gasteiger partial charge in [0.05, 0.1) is 24.4 Å². The van der Waals surface area contributed by atoms with Gasteiger partial charge in [0.15, 0.2) is 5.65 Å². The Balaban J connectivity index is 1.52. The second-order valence-corrected chi connectivity index (χ2v) is 8.21. The Kier molecular flexibility index (Phi) is 5.18. The van der Waals surface area contributed by atoms with Crippen LogP contribution in [0.15, 0.2) is 35.6 Å². The highest BCUT2D eigenvalue weighted by Gasteiger charge is 2.21. The summed E-state index contributed by atoms with van der Waals surface area (Å²) >= 11 is 0. The molecule has 1 aromatic carbocycles. The third-order valence-electron chi connectivity index (χ3n) is 6.17. The van der Waals surface area contributed by atoms with Gasteiger partial charge in [-0.2, -0.15) is 5.10 Å². The number of aromatic nitrogens is 5. The zero-order valence-corrected chi connectivity index (χ0v) is 18.1. The number of H-pyrrole nitrogens is 1. The van der Waals surface area contributed by atoms with E-state index in [9.17, 15) is 4.79 Å². The van der Waals surface area contributed by atoms with E-state index in [1.54, 1.807) is 30.4 Å². The van der Waals surface area contributed by atoms with Crippen molar-refractivity contribution in [3.63, 3.8) is 0 Å². The standard InChI is InChI=1S/C23H25N7O2/c1-30-19-8-7-14(32-2)9-15(19)20(29-30)18-12-26-22-21(28-18)16(11-25-22)23(31)27-10-13-5-3-4-6-17(13)24/h7-13,17H,3-6,24H2,1-2H3,(H,25,26)/t13?,17-/m0/s1. The summed E-state index contributed by atoms with van der Waals surface area (Å²) in [6, 6.07) is 5.82. The number of nitrogens with zero attached hydrogens (tertiary/aromatic N) is 5. The van der Waals surface area contributed by atoms with Crippen molar-refractivity contribution in [1.82, 2.24) is 24.7 Å². The first-order valence-corrected chi connectivity index (χ1v) is 10.7. The van der Waals surface area contributed by atoms with Crippen LogP contribution in [0.3, 0.4) is 0 Å². The largest absolute Gasteiger partial charge is 0.497 e. The maximum atomic E-state index is 12.9. The number of carbonyl (C=O) groups excluding carboxylic acids is 1. The van der Waals surface area contributed by atoms with Crippen LogP contribution in [-0.4, -0.2) is 50.0 Å². The molecule has 0 aliphatic heterocycles. The van der Waals surface area contributed by atoms with E-state index in [1.807, 2.05) is 25.2 Å². The number of methoxy groups -OCH3 is 1. The monoisotopic (exact) mass is 431 g/mol. The molecule has 32 heavy (non-hydrogen) atoms. The number of hydrogen-bond acceptors (Lipinski definition) is 6. The molecule has 1 amide bonds. The molecule has 1 saturated carbocycles. The Morgan fingerprint density at radius 1 is 1.34 bits per heavy atom. The predicted octanol–water partition coefficient (Wildman–Crippen LogP) is 3.25. The molecule has 1 unspecified atom stereocenters. The molecule has 2 atom stereocenters. The number of aromatic amines is 1. The molecule has 0 spiro atoms. The predicted molar refractivity (Wildman–Crippen MR) is 123 cm³/mol.